The van der Waals surface area contributed by atoms with Crippen LogP contribution in [0.4, 0.5) is 0 Å². The Hall–Kier alpha value is -1.73. The molecule has 0 amide bonds. The lowest BCUT2D eigenvalue weighted by Gasteiger charge is -2.11. The van der Waals surface area contributed by atoms with Crippen molar-refractivity contribution in [1.29, 1.82) is 0 Å². The molecule has 0 spiro atoms. The molecular formula is C16H22NO5S+. The first-order valence-electron chi connectivity index (χ1n) is 7.63. The smallest absolute Gasteiger partial charge is 0.303 e. The van der Waals surface area contributed by atoms with Gasteiger partial charge < -0.3 is 5.11 Å². The number of carboxylic acids is 1. The van der Waals surface area contributed by atoms with Crippen LogP contribution in [0.3, 0.4) is 0 Å². The lowest BCUT2D eigenvalue weighted by Crippen LogP contribution is -2.17. The fourth-order valence-corrected chi connectivity index (χ4v) is 3.53. The average Bonchev–Trinajstić information content (AvgIpc) is 2.70. The third kappa shape index (κ3) is 3.97. The van der Waals surface area contributed by atoms with Crippen molar-refractivity contribution in [3.8, 4) is 0 Å². The molecule has 126 valence electrons. The number of hydrogen-bond acceptors (Lipinski definition) is 3. The second kappa shape index (κ2) is 6.80. The molecule has 0 bridgehead atoms. The highest BCUT2D eigenvalue weighted by Crippen LogP contribution is 2.35. The number of hydrogen-bond donors (Lipinski definition) is 2. The lowest BCUT2D eigenvalue weighted by atomic mass is 10.00. The zero-order valence-electron chi connectivity index (χ0n) is 13.4. The predicted molar refractivity (Wildman–Crippen MR) is 86.9 cm³/mol. The Balaban J connectivity index is 2.09. The first-order chi connectivity index (χ1) is 10.7. The third-order valence-electron chi connectivity index (χ3n) is 4.38. The number of nitrogens with zero attached hydrogens (tertiary/aromatic N) is 1. The number of carbonyl (C=O) groups is 1. The van der Waals surface area contributed by atoms with Gasteiger partial charge in [-0.2, -0.15) is 13.0 Å². The summed E-state index contributed by atoms with van der Waals surface area (Å²) < 4.78 is 34.0. The van der Waals surface area contributed by atoms with Crippen molar-refractivity contribution in [3.63, 3.8) is 0 Å². The molecule has 7 heteroatoms. The molecule has 1 aliphatic carbocycles. The van der Waals surface area contributed by atoms with Gasteiger partial charge in [-0.15, -0.1) is 0 Å². The average molecular weight is 340 g/mol. The van der Waals surface area contributed by atoms with E-state index in [1.165, 1.54) is 6.08 Å². The first kappa shape index (κ1) is 17.6. The molecule has 0 radical (unpaired) electrons. The Morgan fingerprint density at radius 3 is 2.52 bits per heavy atom. The predicted octanol–water partition coefficient (Wildman–Crippen LogP) is 2.49. The van der Waals surface area contributed by atoms with E-state index in [1.807, 2.05) is 13.8 Å². The van der Waals surface area contributed by atoms with Gasteiger partial charge in [-0.25, -0.2) is 0 Å². The molecule has 2 N–H and O–H groups in total. The molecule has 0 aromatic carbocycles. The van der Waals surface area contributed by atoms with Crippen LogP contribution in [0.25, 0.3) is 0 Å². The molecule has 0 atom stereocenters. The van der Waals surface area contributed by atoms with Gasteiger partial charge in [-0.3, -0.25) is 9.35 Å². The van der Waals surface area contributed by atoms with Crippen LogP contribution in [0.1, 0.15) is 46.0 Å². The minimum Gasteiger partial charge on any atom is -0.481 e. The van der Waals surface area contributed by atoms with Crippen molar-refractivity contribution in [1.82, 2.24) is 0 Å². The summed E-state index contributed by atoms with van der Waals surface area (Å²) in [6, 6.07) is 0. The van der Waals surface area contributed by atoms with Gasteiger partial charge >= 0.3 is 5.97 Å². The summed E-state index contributed by atoms with van der Waals surface area (Å²) in [7, 11) is -4.16. The number of carboxylic acid groups (broad SMARTS) is 1. The molecule has 1 aliphatic heterocycles. The van der Waals surface area contributed by atoms with Crippen LogP contribution in [-0.2, 0) is 14.9 Å². The molecule has 0 aromatic rings. The van der Waals surface area contributed by atoms with E-state index in [-0.39, 0.29) is 17.7 Å². The van der Waals surface area contributed by atoms with Crippen molar-refractivity contribution in [2.24, 2.45) is 0 Å². The SMILES string of the molecule is CC1=C2CC(S(=O)(=O)O)=CC=C2[N+](CCCCCC(=O)O)=C1C. The largest absolute Gasteiger partial charge is 0.481 e. The van der Waals surface area contributed by atoms with Crippen LogP contribution in [-0.4, -0.2) is 40.9 Å². The molecule has 6 nitrogen and oxygen atoms in total. The molecule has 1 heterocycles. The minimum absolute atomic E-state index is 0.0201. The summed E-state index contributed by atoms with van der Waals surface area (Å²) >= 11 is 0. The van der Waals surface area contributed by atoms with Gasteiger partial charge in [-0.05, 0) is 25.8 Å². The fourth-order valence-electron chi connectivity index (χ4n) is 2.96. The van der Waals surface area contributed by atoms with Crippen LogP contribution in [0.15, 0.2) is 33.9 Å². The van der Waals surface area contributed by atoms with Gasteiger partial charge in [0, 0.05) is 43.4 Å². The molecule has 0 fully saturated rings. The molecule has 23 heavy (non-hydrogen) atoms. The number of fused-ring (bicyclic) bond motifs is 1. The Labute approximate surface area is 136 Å². The highest BCUT2D eigenvalue weighted by Gasteiger charge is 2.35. The second-order valence-corrected chi connectivity index (χ2v) is 7.36. The normalized spacial score (nSPS) is 18.0. The van der Waals surface area contributed by atoms with Crippen molar-refractivity contribution in [3.05, 3.63) is 33.9 Å². The number of allylic oxidation sites excluding steroid dienone is 5. The number of unbranched alkanes of at least 4 members (excludes halogenated alkanes) is 2. The van der Waals surface area contributed by atoms with Crippen LogP contribution >= 0.6 is 0 Å². The highest BCUT2D eigenvalue weighted by atomic mass is 32.2. The van der Waals surface area contributed by atoms with Crippen molar-refractivity contribution >= 4 is 21.8 Å². The van der Waals surface area contributed by atoms with Crippen molar-refractivity contribution in [2.75, 3.05) is 6.54 Å². The summed E-state index contributed by atoms with van der Waals surface area (Å²) in [5, 5.41) is 8.64. The van der Waals surface area contributed by atoms with Gasteiger partial charge in [0.25, 0.3) is 10.1 Å². The quantitative estimate of drug-likeness (QED) is 0.422. The fraction of sp³-hybridized carbons (Fsp3) is 0.500. The van der Waals surface area contributed by atoms with Gasteiger partial charge in [0.15, 0.2) is 5.71 Å². The topological polar surface area (TPSA) is 94.7 Å². The van der Waals surface area contributed by atoms with Crippen molar-refractivity contribution in [2.45, 2.75) is 46.0 Å². The summed E-state index contributed by atoms with van der Waals surface area (Å²) in [6.45, 7) is 4.72. The summed E-state index contributed by atoms with van der Waals surface area (Å²) in [5.74, 6) is -0.772. The van der Waals surface area contributed by atoms with E-state index in [0.717, 1.165) is 41.9 Å². The highest BCUT2D eigenvalue weighted by molar-refractivity contribution is 7.89. The molecule has 0 saturated heterocycles. The minimum atomic E-state index is -4.16. The van der Waals surface area contributed by atoms with E-state index >= 15 is 0 Å². The van der Waals surface area contributed by atoms with E-state index in [0.29, 0.717) is 6.42 Å². The van der Waals surface area contributed by atoms with E-state index in [4.69, 9.17) is 5.11 Å². The molecule has 0 saturated carbocycles. The summed E-state index contributed by atoms with van der Waals surface area (Å²) in [4.78, 5) is 10.5. The Morgan fingerprint density at radius 1 is 1.22 bits per heavy atom. The maximum absolute atomic E-state index is 11.3. The van der Waals surface area contributed by atoms with E-state index in [2.05, 4.69) is 4.58 Å². The molecule has 2 rings (SSSR count). The zero-order chi connectivity index (χ0) is 17.2. The van der Waals surface area contributed by atoms with Crippen LogP contribution < -0.4 is 0 Å². The van der Waals surface area contributed by atoms with Crippen LogP contribution in [0.5, 0.6) is 0 Å². The van der Waals surface area contributed by atoms with Crippen molar-refractivity contribution < 1.29 is 27.4 Å². The summed E-state index contributed by atoms with van der Waals surface area (Å²) in [5.41, 5.74) is 4.03. The maximum atomic E-state index is 11.3. The standard InChI is InChI=1S/C16H21NO5S/c1-11-12(2)17(9-5-3-4-6-16(18)19)15-8-7-13(10-14(11)15)23(20,21)22/h7-8H,3-6,9-10H2,1-2H3,(H-,18,19,20,21,22)/p+1. The maximum Gasteiger partial charge on any atom is 0.303 e. The summed E-state index contributed by atoms with van der Waals surface area (Å²) in [6.07, 6.45) is 5.96. The molecule has 0 unspecified atom stereocenters. The molecule has 0 aromatic heterocycles. The lowest BCUT2D eigenvalue weighted by molar-refractivity contribution is -0.471. The van der Waals surface area contributed by atoms with E-state index in [1.54, 1.807) is 6.08 Å². The van der Waals surface area contributed by atoms with Gasteiger partial charge in [0.1, 0.15) is 6.54 Å². The Kier molecular flexibility index (Phi) is 5.21. The second-order valence-electron chi connectivity index (χ2n) is 5.88. The third-order valence-corrected chi connectivity index (χ3v) is 5.33. The number of aliphatic carboxylic acids is 1. The van der Waals surface area contributed by atoms with Gasteiger partial charge in [-0.1, -0.05) is 0 Å². The van der Waals surface area contributed by atoms with Gasteiger partial charge in [0.2, 0.25) is 5.70 Å². The monoisotopic (exact) mass is 340 g/mol. The van der Waals surface area contributed by atoms with Crippen LogP contribution in [0.2, 0.25) is 0 Å². The van der Waals surface area contributed by atoms with Gasteiger partial charge in [0.05, 0.1) is 4.91 Å². The van der Waals surface area contributed by atoms with E-state index in [9.17, 15) is 17.8 Å². The Morgan fingerprint density at radius 2 is 1.91 bits per heavy atom. The first-order valence-corrected chi connectivity index (χ1v) is 9.07. The van der Waals surface area contributed by atoms with Crippen LogP contribution in [0, 0.1) is 0 Å². The van der Waals surface area contributed by atoms with E-state index < -0.39 is 16.1 Å². The molecule has 2 aliphatic rings. The zero-order valence-corrected chi connectivity index (χ0v) is 14.2. The molecular weight excluding hydrogens is 318 g/mol. The number of rotatable bonds is 7. The Bertz CT molecular complexity index is 753.